The second-order valence-corrected chi connectivity index (χ2v) is 3.44. The fourth-order valence-corrected chi connectivity index (χ4v) is 1.35. The lowest BCUT2D eigenvalue weighted by Crippen LogP contribution is -2.04. The van der Waals surface area contributed by atoms with E-state index in [1.54, 1.807) is 18.2 Å². The van der Waals surface area contributed by atoms with Gasteiger partial charge in [0.15, 0.2) is 0 Å². The van der Waals surface area contributed by atoms with E-state index in [0.717, 1.165) is 5.56 Å². The molecule has 3 N–H and O–H groups in total. The molecule has 1 aromatic heterocycles. The molecule has 0 radical (unpaired) electrons. The normalized spacial score (nSPS) is 10.2. The summed E-state index contributed by atoms with van der Waals surface area (Å²) in [6.45, 7) is 0. The van der Waals surface area contributed by atoms with Crippen molar-refractivity contribution in [3.63, 3.8) is 0 Å². The third kappa shape index (κ3) is 1.99. The van der Waals surface area contributed by atoms with Crippen molar-refractivity contribution in [2.75, 3.05) is 5.73 Å². The lowest BCUT2D eigenvalue weighted by Gasteiger charge is -2.02. The number of rotatable bonds is 1. The zero-order valence-corrected chi connectivity index (χ0v) is 8.45. The molecule has 0 amide bonds. The number of nitrogen functional groups attached to an aromatic ring is 1. The van der Waals surface area contributed by atoms with Gasteiger partial charge >= 0.3 is 0 Å². The Balaban J connectivity index is 2.55. The molecular weight excluding hydrogens is 214 g/mol. The minimum absolute atomic E-state index is 0.200. The summed E-state index contributed by atoms with van der Waals surface area (Å²) in [5, 5.41) is 0.489. The monoisotopic (exact) mass is 221 g/mol. The van der Waals surface area contributed by atoms with Gasteiger partial charge in [-0.1, -0.05) is 17.7 Å². The lowest BCUT2D eigenvalue weighted by atomic mass is 10.1. The molecule has 4 nitrogen and oxygen atoms in total. The Labute approximate surface area is 90.7 Å². The van der Waals surface area contributed by atoms with Crippen molar-refractivity contribution >= 4 is 17.3 Å². The molecule has 76 valence electrons. The van der Waals surface area contributed by atoms with Crippen molar-refractivity contribution in [3.05, 3.63) is 46.0 Å². The van der Waals surface area contributed by atoms with Crippen molar-refractivity contribution in [3.8, 4) is 11.3 Å². The summed E-state index contributed by atoms with van der Waals surface area (Å²) in [7, 11) is 0. The Kier molecular flexibility index (Phi) is 2.43. The summed E-state index contributed by atoms with van der Waals surface area (Å²) in [5.74, 6) is 0. The van der Waals surface area contributed by atoms with Gasteiger partial charge in [-0.05, 0) is 12.1 Å². The highest BCUT2D eigenvalue weighted by atomic mass is 35.5. The molecule has 1 heterocycles. The maximum Gasteiger partial charge on any atom is 0.251 e. The number of halogens is 1. The number of hydrogen-bond acceptors (Lipinski definition) is 3. The number of benzene rings is 1. The molecule has 1 aromatic carbocycles. The third-order valence-corrected chi connectivity index (χ3v) is 2.31. The molecule has 0 saturated carbocycles. The first-order valence-corrected chi connectivity index (χ1v) is 4.65. The van der Waals surface area contributed by atoms with Crippen LogP contribution in [0.4, 0.5) is 5.69 Å². The van der Waals surface area contributed by atoms with E-state index in [1.807, 2.05) is 0 Å². The van der Waals surface area contributed by atoms with Gasteiger partial charge < -0.3 is 10.7 Å². The molecule has 2 aromatic rings. The number of nitrogens with two attached hydrogens (primary N) is 1. The van der Waals surface area contributed by atoms with Crippen LogP contribution in [0.15, 0.2) is 35.4 Å². The number of anilines is 1. The largest absolute Gasteiger partial charge is 0.398 e. The standard InChI is InChI=1S/C10H8ClN3O/c11-7-2-1-6(3-8(7)12)9-4-10(15)14-5-13-9/h1-5H,12H2,(H,13,14,15). The molecule has 0 aliphatic rings. The Morgan fingerprint density at radius 2 is 2.13 bits per heavy atom. The smallest absolute Gasteiger partial charge is 0.251 e. The van der Waals surface area contributed by atoms with E-state index < -0.39 is 0 Å². The fraction of sp³-hybridized carbons (Fsp3) is 0. The minimum atomic E-state index is -0.200. The molecule has 0 aliphatic heterocycles. The molecule has 2 rings (SSSR count). The predicted octanol–water partition coefficient (Wildman–Crippen LogP) is 1.67. The van der Waals surface area contributed by atoms with Crippen LogP contribution >= 0.6 is 11.6 Å². The van der Waals surface area contributed by atoms with Crippen LogP contribution in [-0.2, 0) is 0 Å². The van der Waals surface area contributed by atoms with Crippen LogP contribution in [0.5, 0.6) is 0 Å². The second kappa shape index (κ2) is 3.74. The Hall–Kier alpha value is -1.81. The number of aromatic nitrogens is 2. The van der Waals surface area contributed by atoms with Gasteiger partial charge in [-0.2, -0.15) is 0 Å². The van der Waals surface area contributed by atoms with Gasteiger partial charge in [-0.15, -0.1) is 0 Å². The molecule has 0 bridgehead atoms. The van der Waals surface area contributed by atoms with Gasteiger partial charge in [0, 0.05) is 11.6 Å². The molecule has 0 atom stereocenters. The van der Waals surface area contributed by atoms with Gasteiger partial charge in [0.05, 0.1) is 22.7 Å². The number of H-pyrrole nitrogens is 1. The van der Waals surface area contributed by atoms with Crippen LogP contribution in [0.1, 0.15) is 0 Å². The van der Waals surface area contributed by atoms with E-state index in [1.165, 1.54) is 12.4 Å². The van der Waals surface area contributed by atoms with Crippen LogP contribution in [0.25, 0.3) is 11.3 Å². The molecule has 5 heteroatoms. The third-order valence-electron chi connectivity index (χ3n) is 1.97. The van der Waals surface area contributed by atoms with Crippen LogP contribution in [0.3, 0.4) is 0 Å². The fourth-order valence-electron chi connectivity index (χ4n) is 1.23. The van der Waals surface area contributed by atoms with Crippen LogP contribution < -0.4 is 11.3 Å². The summed E-state index contributed by atoms with van der Waals surface area (Å²) < 4.78 is 0. The molecule has 15 heavy (non-hydrogen) atoms. The van der Waals surface area contributed by atoms with E-state index in [-0.39, 0.29) is 5.56 Å². The van der Waals surface area contributed by atoms with Gasteiger partial charge in [-0.25, -0.2) is 4.98 Å². The van der Waals surface area contributed by atoms with E-state index in [2.05, 4.69) is 9.97 Å². The zero-order chi connectivity index (χ0) is 10.8. The predicted molar refractivity (Wildman–Crippen MR) is 59.7 cm³/mol. The van der Waals surface area contributed by atoms with E-state index in [4.69, 9.17) is 17.3 Å². The summed E-state index contributed by atoms with van der Waals surface area (Å²) in [6, 6.07) is 6.53. The molecule has 0 aliphatic carbocycles. The summed E-state index contributed by atoms with van der Waals surface area (Å²) >= 11 is 5.79. The topological polar surface area (TPSA) is 71.8 Å². The van der Waals surface area contributed by atoms with Gasteiger partial charge in [0.25, 0.3) is 5.56 Å². The minimum Gasteiger partial charge on any atom is -0.398 e. The maximum absolute atomic E-state index is 11.1. The van der Waals surface area contributed by atoms with Gasteiger partial charge in [0.2, 0.25) is 0 Å². The van der Waals surface area contributed by atoms with E-state index in [9.17, 15) is 4.79 Å². The van der Waals surface area contributed by atoms with Crippen molar-refractivity contribution in [2.24, 2.45) is 0 Å². The summed E-state index contributed by atoms with van der Waals surface area (Å²) in [5.41, 5.74) is 7.26. The van der Waals surface area contributed by atoms with Gasteiger partial charge in [0.1, 0.15) is 0 Å². The van der Waals surface area contributed by atoms with Crippen LogP contribution in [0.2, 0.25) is 5.02 Å². The first-order chi connectivity index (χ1) is 7.16. The van der Waals surface area contributed by atoms with Crippen LogP contribution in [0, 0.1) is 0 Å². The van der Waals surface area contributed by atoms with Crippen LogP contribution in [-0.4, -0.2) is 9.97 Å². The second-order valence-electron chi connectivity index (χ2n) is 3.03. The first kappa shape index (κ1) is 9.73. The lowest BCUT2D eigenvalue weighted by molar-refractivity contribution is 1.12. The number of nitrogens with zero attached hydrogens (tertiary/aromatic N) is 1. The average Bonchev–Trinajstić information content (AvgIpc) is 2.22. The van der Waals surface area contributed by atoms with E-state index >= 15 is 0 Å². The highest BCUT2D eigenvalue weighted by Gasteiger charge is 2.02. The first-order valence-electron chi connectivity index (χ1n) is 4.27. The number of aromatic amines is 1. The number of nitrogens with one attached hydrogen (secondary N) is 1. The van der Waals surface area contributed by atoms with Crippen molar-refractivity contribution in [1.82, 2.24) is 9.97 Å². The molecule has 0 unspecified atom stereocenters. The van der Waals surface area contributed by atoms with Crippen molar-refractivity contribution < 1.29 is 0 Å². The highest BCUT2D eigenvalue weighted by molar-refractivity contribution is 6.33. The molecule has 0 spiro atoms. The summed E-state index contributed by atoms with van der Waals surface area (Å²) in [6.07, 6.45) is 1.35. The maximum atomic E-state index is 11.1. The SMILES string of the molecule is Nc1cc(-c2cc(=O)[nH]cn2)ccc1Cl. The quantitative estimate of drug-likeness (QED) is 0.720. The molecule has 0 fully saturated rings. The zero-order valence-electron chi connectivity index (χ0n) is 7.70. The number of hydrogen-bond donors (Lipinski definition) is 2. The summed E-state index contributed by atoms with van der Waals surface area (Å²) in [4.78, 5) is 17.5. The molecular formula is C10H8ClN3O. The Morgan fingerprint density at radius 3 is 2.80 bits per heavy atom. The van der Waals surface area contributed by atoms with Crippen molar-refractivity contribution in [2.45, 2.75) is 0 Å². The van der Waals surface area contributed by atoms with Crippen molar-refractivity contribution in [1.29, 1.82) is 0 Å². The average molecular weight is 222 g/mol. The van der Waals surface area contributed by atoms with Gasteiger partial charge in [-0.3, -0.25) is 4.79 Å². The Bertz CT molecular complexity index is 550. The van der Waals surface area contributed by atoms with E-state index in [0.29, 0.717) is 16.4 Å². The molecule has 0 saturated heterocycles. The Morgan fingerprint density at radius 1 is 1.33 bits per heavy atom. The highest BCUT2D eigenvalue weighted by Crippen LogP contribution is 2.24.